The average molecular weight is 563 g/mol. The summed E-state index contributed by atoms with van der Waals surface area (Å²) < 4.78 is 37.2. The van der Waals surface area contributed by atoms with Gasteiger partial charge in [-0.3, -0.25) is 9.69 Å². The monoisotopic (exact) mass is 561 g/mol. The van der Waals surface area contributed by atoms with Gasteiger partial charge in [0.25, 0.3) is 0 Å². The van der Waals surface area contributed by atoms with Gasteiger partial charge in [0.2, 0.25) is 5.91 Å². The smallest absolute Gasteiger partial charge is 0.244 e. The van der Waals surface area contributed by atoms with E-state index in [-0.39, 0.29) is 17.3 Å². The van der Waals surface area contributed by atoms with Crippen LogP contribution in [0.1, 0.15) is 13.8 Å². The Morgan fingerprint density at radius 1 is 1.03 bits per heavy atom. The van der Waals surface area contributed by atoms with Crippen LogP contribution in [0.2, 0.25) is 5.02 Å². The first-order valence-corrected chi connectivity index (χ1v) is 13.6. The molecule has 0 saturated heterocycles. The number of carbonyl (C=O) groups is 1. The highest BCUT2D eigenvalue weighted by atomic mass is 35.5. The molecule has 0 atom stereocenters. The van der Waals surface area contributed by atoms with Crippen molar-refractivity contribution in [2.24, 2.45) is 0 Å². The summed E-state index contributed by atoms with van der Waals surface area (Å²) in [6.45, 7) is 6.54. The van der Waals surface area contributed by atoms with Crippen molar-refractivity contribution in [2.75, 3.05) is 51.1 Å². The summed E-state index contributed by atoms with van der Waals surface area (Å²) in [7, 11) is -0.838. The molecule has 0 N–H and O–H groups in total. The van der Waals surface area contributed by atoms with E-state index in [9.17, 15) is 13.2 Å². The van der Waals surface area contributed by atoms with Crippen LogP contribution in [0.15, 0.2) is 41.3 Å². The zero-order valence-corrected chi connectivity index (χ0v) is 23.2. The molecule has 3 rings (SSSR count). The molecule has 1 aromatic heterocycles. The first-order chi connectivity index (χ1) is 16.2. The summed E-state index contributed by atoms with van der Waals surface area (Å²) >= 11 is 7.60. The zero-order chi connectivity index (χ0) is 24.9. The van der Waals surface area contributed by atoms with E-state index in [1.807, 2.05) is 13.8 Å². The predicted octanol–water partition coefficient (Wildman–Crippen LogP) is 4.54. The van der Waals surface area contributed by atoms with Crippen molar-refractivity contribution in [2.45, 2.75) is 18.7 Å². The lowest BCUT2D eigenvalue weighted by molar-refractivity contribution is -0.116. The van der Waals surface area contributed by atoms with Crippen LogP contribution in [0.4, 0.5) is 5.13 Å². The summed E-state index contributed by atoms with van der Waals surface area (Å²) in [5, 5.41) is 0.866. The first kappa shape index (κ1) is 29.1. The van der Waals surface area contributed by atoms with Gasteiger partial charge in [-0.2, -0.15) is 0 Å². The maximum Gasteiger partial charge on any atom is 0.244 e. The SMILES string of the molecule is CCN(CC)CCN(C(=O)CS(=O)(=O)c1ccc(OC)cc1)c1nc2c(OC)ccc(Cl)c2s1.Cl. The Bertz CT molecular complexity index is 1250. The lowest BCUT2D eigenvalue weighted by atomic mass is 10.3. The lowest BCUT2D eigenvalue weighted by Crippen LogP contribution is -2.41. The van der Waals surface area contributed by atoms with Crippen LogP contribution in [0.25, 0.3) is 10.2 Å². The predicted molar refractivity (Wildman–Crippen MR) is 144 cm³/mol. The highest BCUT2D eigenvalue weighted by molar-refractivity contribution is 7.92. The molecule has 0 aliphatic rings. The van der Waals surface area contributed by atoms with Crippen LogP contribution in [0.5, 0.6) is 11.5 Å². The van der Waals surface area contributed by atoms with Crippen LogP contribution >= 0.6 is 35.3 Å². The number of rotatable bonds is 11. The van der Waals surface area contributed by atoms with Gasteiger partial charge in [-0.1, -0.05) is 36.8 Å². The van der Waals surface area contributed by atoms with Gasteiger partial charge < -0.3 is 14.4 Å². The van der Waals surface area contributed by atoms with Crippen molar-refractivity contribution < 1.29 is 22.7 Å². The van der Waals surface area contributed by atoms with Crippen molar-refractivity contribution in [1.29, 1.82) is 0 Å². The molecular formula is C23H29Cl2N3O5S2. The summed E-state index contributed by atoms with van der Waals surface area (Å²) in [5.41, 5.74) is 0.536. The number of thiazole rings is 1. The Labute approximate surface area is 221 Å². The fraction of sp³-hybridized carbons (Fsp3) is 0.391. The van der Waals surface area contributed by atoms with Crippen molar-refractivity contribution in [3.8, 4) is 11.5 Å². The molecule has 35 heavy (non-hydrogen) atoms. The van der Waals surface area contributed by atoms with Crippen molar-refractivity contribution in [3.05, 3.63) is 41.4 Å². The number of fused-ring (bicyclic) bond motifs is 1. The molecule has 1 heterocycles. The van der Waals surface area contributed by atoms with Gasteiger partial charge in [-0.05, 0) is 49.5 Å². The molecule has 0 saturated carbocycles. The van der Waals surface area contributed by atoms with Gasteiger partial charge in [-0.15, -0.1) is 12.4 Å². The summed E-state index contributed by atoms with van der Waals surface area (Å²) in [6, 6.07) is 9.40. The molecule has 0 spiro atoms. The molecule has 0 aliphatic heterocycles. The molecule has 1 amide bonds. The van der Waals surface area contributed by atoms with Crippen molar-refractivity contribution >= 4 is 66.4 Å². The average Bonchev–Trinajstić information content (AvgIpc) is 3.28. The van der Waals surface area contributed by atoms with E-state index in [0.717, 1.165) is 13.1 Å². The second-order valence-electron chi connectivity index (χ2n) is 7.43. The number of nitrogens with zero attached hydrogens (tertiary/aromatic N) is 3. The Morgan fingerprint density at radius 3 is 2.26 bits per heavy atom. The van der Waals surface area contributed by atoms with Crippen molar-refractivity contribution in [1.82, 2.24) is 9.88 Å². The number of benzene rings is 2. The third-order valence-electron chi connectivity index (χ3n) is 5.47. The van der Waals surface area contributed by atoms with Gasteiger partial charge in [0.15, 0.2) is 15.0 Å². The number of sulfone groups is 1. The third-order valence-corrected chi connectivity index (χ3v) is 8.62. The van der Waals surface area contributed by atoms with Crippen LogP contribution in [-0.2, 0) is 14.6 Å². The van der Waals surface area contributed by atoms with E-state index in [0.29, 0.717) is 45.0 Å². The Balaban J connectivity index is 0.00000432. The topological polar surface area (TPSA) is 89.0 Å². The van der Waals surface area contributed by atoms with Gasteiger partial charge in [0.05, 0.1) is 28.8 Å². The van der Waals surface area contributed by atoms with Crippen LogP contribution in [-0.4, -0.2) is 70.4 Å². The number of amides is 1. The maximum absolute atomic E-state index is 13.4. The normalized spacial score (nSPS) is 11.4. The van der Waals surface area contributed by atoms with E-state index < -0.39 is 21.5 Å². The number of ether oxygens (including phenoxy) is 2. The Hall–Kier alpha value is -2.11. The maximum atomic E-state index is 13.4. The highest BCUT2D eigenvalue weighted by Crippen LogP contribution is 2.38. The molecule has 8 nitrogen and oxygen atoms in total. The number of aromatic nitrogens is 1. The number of anilines is 1. The summed E-state index contributed by atoms with van der Waals surface area (Å²) in [6.07, 6.45) is 0. The molecule has 12 heteroatoms. The van der Waals surface area contributed by atoms with E-state index >= 15 is 0 Å². The van der Waals surface area contributed by atoms with Gasteiger partial charge in [-0.25, -0.2) is 13.4 Å². The van der Waals surface area contributed by atoms with E-state index in [1.54, 1.807) is 24.3 Å². The van der Waals surface area contributed by atoms with E-state index in [4.69, 9.17) is 21.1 Å². The van der Waals surface area contributed by atoms with E-state index in [2.05, 4.69) is 9.88 Å². The molecule has 0 radical (unpaired) electrons. The number of hydrogen-bond donors (Lipinski definition) is 0. The van der Waals surface area contributed by atoms with Gasteiger partial charge >= 0.3 is 0 Å². The van der Waals surface area contributed by atoms with Crippen molar-refractivity contribution in [3.63, 3.8) is 0 Å². The summed E-state index contributed by atoms with van der Waals surface area (Å²) in [4.78, 5) is 21.6. The molecule has 0 fully saturated rings. The number of methoxy groups -OCH3 is 2. The molecular weight excluding hydrogens is 533 g/mol. The molecule has 0 bridgehead atoms. The third kappa shape index (κ3) is 6.77. The fourth-order valence-corrected chi connectivity index (χ4v) is 5.93. The second-order valence-corrected chi connectivity index (χ2v) is 10.8. The second kappa shape index (κ2) is 12.7. The highest BCUT2D eigenvalue weighted by Gasteiger charge is 2.27. The number of hydrogen-bond acceptors (Lipinski definition) is 8. The molecule has 0 aliphatic carbocycles. The quantitative estimate of drug-likeness (QED) is 0.339. The molecule has 0 unspecified atom stereocenters. The largest absolute Gasteiger partial charge is 0.497 e. The molecule has 192 valence electrons. The first-order valence-electron chi connectivity index (χ1n) is 10.8. The minimum absolute atomic E-state index is 0. The number of halogens is 2. The van der Waals surface area contributed by atoms with Gasteiger partial charge in [0, 0.05) is 13.1 Å². The summed E-state index contributed by atoms with van der Waals surface area (Å²) in [5.74, 6) is -0.175. The van der Waals surface area contributed by atoms with E-state index in [1.165, 1.54) is 42.6 Å². The standard InChI is InChI=1S/C23H28ClN3O5S2.ClH/c1-5-26(6-2)13-14-27(23-25-21-19(32-4)12-11-18(24)22(21)33-23)20(28)15-34(29,30)17-9-7-16(31-3)8-10-17;/h7-12H,5-6,13-15H2,1-4H3;1H. The van der Waals surface area contributed by atoms with Gasteiger partial charge in [0.1, 0.15) is 22.8 Å². The Kier molecular flexibility index (Phi) is 10.6. The molecule has 3 aromatic rings. The molecule has 2 aromatic carbocycles. The van der Waals surface area contributed by atoms with Crippen LogP contribution < -0.4 is 14.4 Å². The minimum Gasteiger partial charge on any atom is -0.497 e. The number of carbonyl (C=O) groups excluding carboxylic acids is 1. The Morgan fingerprint density at radius 2 is 1.69 bits per heavy atom. The zero-order valence-electron chi connectivity index (χ0n) is 20.0. The fourth-order valence-electron chi connectivity index (χ4n) is 3.44. The number of likely N-dealkylation sites (N-methyl/N-ethyl adjacent to an activating group) is 1. The minimum atomic E-state index is -3.87. The lowest BCUT2D eigenvalue weighted by Gasteiger charge is -2.24. The van der Waals surface area contributed by atoms with Crippen LogP contribution in [0.3, 0.4) is 0 Å². The van der Waals surface area contributed by atoms with Crippen LogP contribution in [0, 0.1) is 0 Å².